The Morgan fingerprint density at radius 3 is 2.47 bits per heavy atom. The van der Waals surface area contributed by atoms with Crippen LogP contribution in [-0.4, -0.2) is 28.0 Å². The highest BCUT2D eigenvalue weighted by Gasteiger charge is 2.19. The van der Waals surface area contributed by atoms with Crippen LogP contribution in [0, 0.1) is 0 Å². The first kappa shape index (κ1) is 12.4. The number of aliphatic hydroxyl groups is 1. The van der Waals surface area contributed by atoms with Crippen LogP contribution in [0.3, 0.4) is 0 Å². The molecule has 2 N–H and O–H groups in total. The summed E-state index contributed by atoms with van der Waals surface area (Å²) in [4.78, 5) is 0. The summed E-state index contributed by atoms with van der Waals surface area (Å²) in [5.74, 6) is 0. The zero-order valence-corrected chi connectivity index (χ0v) is 10.6. The Bertz CT molecular complexity index is 302. The summed E-state index contributed by atoms with van der Waals surface area (Å²) < 4.78 is 0. The van der Waals surface area contributed by atoms with Crippen LogP contribution in [0.4, 0.5) is 5.13 Å². The largest absolute Gasteiger partial charge is 0.394 e. The summed E-state index contributed by atoms with van der Waals surface area (Å²) in [5.41, 5.74) is 0.0402. The molecule has 1 rings (SSSR count). The van der Waals surface area contributed by atoms with Crippen molar-refractivity contribution in [3.63, 3.8) is 0 Å². The summed E-state index contributed by atoms with van der Waals surface area (Å²) in [5, 5.41) is 22.2. The van der Waals surface area contributed by atoms with Gasteiger partial charge in [-0.1, -0.05) is 39.0 Å². The number of nitrogens with one attached hydrogen (secondary N) is 1. The topological polar surface area (TPSA) is 58.0 Å². The van der Waals surface area contributed by atoms with Gasteiger partial charge in [-0.15, -0.1) is 10.2 Å². The van der Waals surface area contributed by atoms with Crippen molar-refractivity contribution in [2.45, 2.75) is 45.6 Å². The summed E-state index contributed by atoms with van der Waals surface area (Å²) >= 11 is 1.55. The van der Waals surface area contributed by atoms with Crippen LogP contribution < -0.4 is 5.32 Å². The number of hydrogen-bond acceptors (Lipinski definition) is 5. The quantitative estimate of drug-likeness (QED) is 0.829. The third-order valence-corrected chi connectivity index (χ3v) is 3.39. The Hall–Kier alpha value is -0.680. The van der Waals surface area contributed by atoms with E-state index in [-0.39, 0.29) is 18.1 Å². The van der Waals surface area contributed by atoms with Crippen molar-refractivity contribution < 1.29 is 5.11 Å². The summed E-state index contributed by atoms with van der Waals surface area (Å²) in [7, 11) is 0. The lowest BCUT2D eigenvalue weighted by molar-refractivity contribution is 0.272. The van der Waals surface area contributed by atoms with Gasteiger partial charge in [0, 0.05) is 5.41 Å². The Morgan fingerprint density at radius 2 is 2.07 bits per heavy atom. The van der Waals surface area contributed by atoms with Crippen LogP contribution in [0.1, 0.15) is 39.1 Å². The fraction of sp³-hybridized carbons (Fsp3) is 0.800. The van der Waals surface area contributed by atoms with Crippen LogP contribution >= 0.6 is 11.3 Å². The molecule has 1 aromatic rings. The molecule has 0 amide bonds. The Balaban J connectivity index is 2.68. The average molecular weight is 229 g/mol. The van der Waals surface area contributed by atoms with Gasteiger partial charge in [0.15, 0.2) is 0 Å². The standard InChI is InChI=1S/C10H19N3OS/c1-5-7(6-14)11-9-13-12-8(15-9)10(2,3)4/h7,14H,5-6H2,1-4H3,(H,11,13). The Morgan fingerprint density at radius 1 is 1.40 bits per heavy atom. The first-order valence-electron chi connectivity index (χ1n) is 5.18. The summed E-state index contributed by atoms with van der Waals surface area (Å²) in [6, 6.07) is 0.0748. The summed E-state index contributed by atoms with van der Waals surface area (Å²) in [6.07, 6.45) is 0.876. The van der Waals surface area contributed by atoms with Gasteiger partial charge >= 0.3 is 0 Å². The first-order chi connectivity index (χ1) is 6.97. The predicted octanol–water partition coefficient (Wildman–Crippen LogP) is 2.02. The van der Waals surface area contributed by atoms with Crippen molar-refractivity contribution in [3.8, 4) is 0 Å². The molecule has 0 aliphatic rings. The molecule has 1 aromatic heterocycles. The van der Waals surface area contributed by atoms with Crippen molar-refractivity contribution in [2.75, 3.05) is 11.9 Å². The van der Waals surface area contributed by atoms with E-state index in [4.69, 9.17) is 5.11 Å². The molecule has 0 saturated heterocycles. The van der Waals surface area contributed by atoms with E-state index in [1.54, 1.807) is 11.3 Å². The van der Waals surface area contributed by atoms with Crippen molar-refractivity contribution >= 4 is 16.5 Å². The summed E-state index contributed by atoms with van der Waals surface area (Å²) in [6.45, 7) is 8.49. The van der Waals surface area contributed by atoms with Crippen molar-refractivity contribution in [1.29, 1.82) is 0 Å². The third kappa shape index (κ3) is 3.43. The molecule has 1 heterocycles. The highest BCUT2D eigenvalue weighted by Crippen LogP contribution is 2.27. The molecule has 15 heavy (non-hydrogen) atoms. The molecule has 0 bridgehead atoms. The maximum absolute atomic E-state index is 9.05. The first-order valence-corrected chi connectivity index (χ1v) is 6.00. The maximum Gasteiger partial charge on any atom is 0.205 e. The molecular formula is C10H19N3OS. The smallest absolute Gasteiger partial charge is 0.205 e. The van der Waals surface area contributed by atoms with E-state index in [2.05, 4.69) is 36.3 Å². The van der Waals surface area contributed by atoms with Gasteiger partial charge in [0.25, 0.3) is 0 Å². The van der Waals surface area contributed by atoms with Gasteiger partial charge in [-0.05, 0) is 6.42 Å². The van der Waals surface area contributed by atoms with Gasteiger partial charge in [-0.25, -0.2) is 0 Å². The third-order valence-electron chi connectivity index (χ3n) is 2.11. The zero-order chi connectivity index (χ0) is 11.5. The van der Waals surface area contributed by atoms with E-state index in [0.717, 1.165) is 16.6 Å². The number of nitrogens with zero attached hydrogens (tertiary/aromatic N) is 2. The number of hydrogen-bond donors (Lipinski definition) is 2. The number of rotatable bonds is 4. The highest BCUT2D eigenvalue weighted by molar-refractivity contribution is 7.15. The van der Waals surface area contributed by atoms with E-state index in [1.807, 2.05) is 6.92 Å². The van der Waals surface area contributed by atoms with Crippen molar-refractivity contribution in [3.05, 3.63) is 5.01 Å². The molecule has 0 radical (unpaired) electrons. The second kappa shape index (κ2) is 4.90. The number of aromatic nitrogens is 2. The predicted molar refractivity (Wildman–Crippen MR) is 63.4 cm³/mol. The average Bonchev–Trinajstić information content (AvgIpc) is 2.61. The fourth-order valence-corrected chi connectivity index (χ4v) is 1.91. The lowest BCUT2D eigenvalue weighted by Gasteiger charge is -2.13. The zero-order valence-electron chi connectivity index (χ0n) is 9.74. The van der Waals surface area contributed by atoms with Crippen LogP contribution in [0.15, 0.2) is 0 Å². The minimum Gasteiger partial charge on any atom is -0.394 e. The number of aliphatic hydroxyl groups excluding tert-OH is 1. The van der Waals surface area contributed by atoms with Gasteiger partial charge in [0.05, 0.1) is 12.6 Å². The molecule has 0 aliphatic carbocycles. The van der Waals surface area contributed by atoms with Crippen LogP contribution in [0.5, 0.6) is 0 Å². The molecule has 0 spiro atoms. The molecule has 0 fully saturated rings. The van der Waals surface area contributed by atoms with Crippen LogP contribution in [0.25, 0.3) is 0 Å². The molecule has 1 unspecified atom stereocenters. The van der Waals surface area contributed by atoms with E-state index >= 15 is 0 Å². The second-order valence-electron chi connectivity index (χ2n) is 4.59. The van der Waals surface area contributed by atoms with E-state index in [1.165, 1.54) is 0 Å². The van der Waals surface area contributed by atoms with Crippen molar-refractivity contribution in [2.24, 2.45) is 0 Å². The van der Waals surface area contributed by atoms with Gasteiger partial charge in [-0.2, -0.15) is 0 Å². The van der Waals surface area contributed by atoms with Gasteiger partial charge in [-0.3, -0.25) is 0 Å². The molecule has 4 nitrogen and oxygen atoms in total. The highest BCUT2D eigenvalue weighted by atomic mass is 32.1. The lowest BCUT2D eigenvalue weighted by atomic mass is 9.98. The van der Waals surface area contributed by atoms with E-state index < -0.39 is 0 Å². The monoisotopic (exact) mass is 229 g/mol. The minimum absolute atomic E-state index is 0.0402. The maximum atomic E-state index is 9.05. The van der Waals surface area contributed by atoms with Crippen molar-refractivity contribution in [1.82, 2.24) is 10.2 Å². The van der Waals surface area contributed by atoms with E-state index in [9.17, 15) is 0 Å². The molecule has 86 valence electrons. The van der Waals surface area contributed by atoms with Gasteiger partial charge in [0.1, 0.15) is 5.01 Å². The molecule has 1 atom stereocenters. The molecule has 0 saturated carbocycles. The Labute approximate surface area is 94.7 Å². The van der Waals surface area contributed by atoms with Crippen LogP contribution in [-0.2, 0) is 5.41 Å². The molecular weight excluding hydrogens is 210 g/mol. The SMILES string of the molecule is CCC(CO)Nc1nnc(C(C)(C)C)s1. The normalized spacial score (nSPS) is 13.9. The molecule has 0 aliphatic heterocycles. The lowest BCUT2D eigenvalue weighted by Crippen LogP contribution is -2.22. The fourth-order valence-electron chi connectivity index (χ4n) is 1.04. The second-order valence-corrected chi connectivity index (χ2v) is 5.57. The minimum atomic E-state index is 0.0402. The molecule has 0 aromatic carbocycles. The van der Waals surface area contributed by atoms with E-state index in [0.29, 0.717) is 0 Å². The number of anilines is 1. The van der Waals surface area contributed by atoms with Crippen LogP contribution in [0.2, 0.25) is 0 Å². The Kier molecular flexibility index (Phi) is 4.04. The van der Waals surface area contributed by atoms with Gasteiger partial charge in [0.2, 0.25) is 5.13 Å². The molecule has 5 heteroatoms. The van der Waals surface area contributed by atoms with Gasteiger partial charge < -0.3 is 10.4 Å².